The molecule has 94 valence electrons. The van der Waals surface area contributed by atoms with E-state index in [1.54, 1.807) is 24.3 Å². The van der Waals surface area contributed by atoms with E-state index in [1.807, 2.05) is 0 Å². The van der Waals surface area contributed by atoms with Crippen LogP contribution in [0.2, 0.25) is 0 Å². The molecule has 3 heteroatoms. The Kier molecular flexibility index (Phi) is 6.78. The highest BCUT2D eigenvalue weighted by atomic mass is 32.1. The maximum atomic E-state index is 11.6. The summed E-state index contributed by atoms with van der Waals surface area (Å²) in [6.45, 7) is 2.70. The number of esters is 1. The molecule has 0 spiro atoms. The molecule has 2 nitrogen and oxygen atoms in total. The number of benzene rings is 1. The van der Waals surface area contributed by atoms with Gasteiger partial charge in [0.1, 0.15) is 0 Å². The first kappa shape index (κ1) is 14.1. The van der Waals surface area contributed by atoms with Crippen LogP contribution in [-0.2, 0) is 4.74 Å². The molecule has 0 N–H and O–H groups in total. The van der Waals surface area contributed by atoms with E-state index >= 15 is 0 Å². The average molecular weight is 252 g/mol. The van der Waals surface area contributed by atoms with Crippen LogP contribution in [-0.4, -0.2) is 12.6 Å². The van der Waals surface area contributed by atoms with Crippen molar-refractivity contribution in [3.63, 3.8) is 0 Å². The maximum absolute atomic E-state index is 11.6. The minimum Gasteiger partial charge on any atom is -0.462 e. The first-order valence-electron chi connectivity index (χ1n) is 6.20. The lowest BCUT2D eigenvalue weighted by Gasteiger charge is -2.04. The van der Waals surface area contributed by atoms with Crippen LogP contribution in [0, 0.1) is 0 Å². The van der Waals surface area contributed by atoms with Gasteiger partial charge in [0.15, 0.2) is 0 Å². The van der Waals surface area contributed by atoms with Gasteiger partial charge in [-0.1, -0.05) is 32.6 Å². The SMILES string of the molecule is CCCCCCCOC(=O)c1ccc(S)cc1. The average Bonchev–Trinajstić information content (AvgIpc) is 2.34. The first-order chi connectivity index (χ1) is 8.24. The Balaban J connectivity index is 2.19. The van der Waals surface area contributed by atoms with Gasteiger partial charge in [0.05, 0.1) is 12.2 Å². The summed E-state index contributed by atoms with van der Waals surface area (Å²) >= 11 is 4.17. The van der Waals surface area contributed by atoms with E-state index in [0.717, 1.165) is 17.7 Å². The van der Waals surface area contributed by atoms with E-state index in [0.29, 0.717) is 12.2 Å². The molecule has 0 aliphatic rings. The molecule has 0 fully saturated rings. The van der Waals surface area contributed by atoms with Gasteiger partial charge < -0.3 is 4.74 Å². The van der Waals surface area contributed by atoms with E-state index in [2.05, 4.69) is 19.6 Å². The van der Waals surface area contributed by atoms with Crippen molar-refractivity contribution < 1.29 is 9.53 Å². The lowest BCUT2D eigenvalue weighted by Crippen LogP contribution is -2.06. The van der Waals surface area contributed by atoms with Crippen molar-refractivity contribution in [2.75, 3.05) is 6.61 Å². The summed E-state index contributed by atoms with van der Waals surface area (Å²) in [7, 11) is 0. The summed E-state index contributed by atoms with van der Waals surface area (Å²) in [6.07, 6.45) is 5.81. The zero-order valence-electron chi connectivity index (χ0n) is 10.3. The number of hydrogen-bond donors (Lipinski definition) is 1. The molecule has 0 aromatic heterocycles. The van der Waals surface area contributed by atoms with Gasteiger partial charge in [-0.15, -0.1) is 12.6 Å². The Bertz CT molecular complexity index is 333. The molecule has 1 aromatic carbocycles. The Labute approximate surface area is 109 Å². The lowest BCUT2D eigenvalue weighted by atomic mass is 10.2. The zero-order valence-corrected chi connectivity index (χ0v) is 11.2. The van der Waals surface area contributed by atoms with Gasteiger partial charge >= 0.3 is 5.97 Å². The van der Waals surface area contributed by atoms with Crippen LogP contribution in [0.15, 0.2) is 29.2 Å². The third-order valence-corrected chi connectivity index (χ3v) is 2.88. The number of unbranched alkanes of at least 4 members (excludes halogenated alkanes) is 4. The van der Waals surface area contributed by atoms with Gasteiger partial charge in [0.2, 0.25) is 0 Å². The summed E-state index contributed by atoms with van der Waals surface area (Å²) in [5.41, 5.74) is 0.594. The van der Waals surface area contributed by atoms with Crippen LogP contribution in [0.4, 0.5) is 0 Å². The van der Waals surface area contributed by atoms with Gasteiger partial charge in [-0.2, -0.15) is 0 Å². The van der Waals surface area contributed by atoms with Gasteiger partial charge in [0, 0.05) is 4.90 Å². The highest BCUT2D eigenvalue weighted by Gasteiger charge is 2.05. The summed E-state index contributed by atoms with van der Waals surface area (Å²) in [4.78, 5) is 12.4. The number of thiol groups is 1. The molecule has 17 heavy (non-hydrogen) atoms. The monoisotopic (exact) mass is 252 g/mol. The molecule has 0 atom stereocenters. The van der Waals surface area contributed by atoms with Gasteiger partial charge in [0.25, 0.3) is 0 Å². The van der Waals surface area contributed by atoms with Gasteiger partial charge in [-0.3, -0.25) is 0 Å². The second kappa shape index (κ2) is 8.18. The van der Waals surface area contributed by atoms with E-state index in [1.165, 1.54) is 19.3 Å². The fraction of sp³-hybridized carbons (Fsp3) is 0.500. The normalized spacial score (nSPS) is 10.2. The number of carbonyl (C=O) groups is 1. The maximum Gasteiger partial charge on any atom is 0.338 e. The van der Waals surface area contributed by atoms with Crippen molar-refractivity contribution in [3.8, 4) is 0 Å². The van der Waals surface area contributed by atoms with Crippen LogP contribution >= 0.6 is 12.6 Å². The summed E-state index contributed by atoms with van der Waals surface area (Å²) in [5.74, 6) is -0.242. The van der Waals surface area contributed by atoms with E-state index in [-0.39, 0.29) is 5.97 Å². The number of hydrogen-bond acceptors (Lipinski definition) is 3. The minimum absolute atomic E-state index is 0.242. The van der Waals surface area contributed by atoms with Crippen LogP contribution < -0.4 is 0 Å². The molecule has 0 heterocycles. The molecule has 0 amide bonds. The predicted molar refractivity (Wildman–Crippen MR) is 72.7 cm³/mol. The molecule has 1 rings (SSSR count). The summed E-state index contributed by atoms with van der Waals surface area (Å²) < 4.78 is 5.18. The van der Waals surface area contributed by atoms with E-state index < -0.39 is 0 Å². The number of carbonyl (C=O) groups excluding carboxylic acids is 1. The lowest BCUT2D eigenvalue weighted by molar-refractivity contribution is 0.0497. The van der Waals surface area contributed by atoms with Crippen LogP contribution in [0.25, 0.3) is 0 Å². The van der Waals surface area contributed by atoms with Crippen molar-refractivity contribution in [2.45, 2.75) is 43.9 Å². The molecule has 0 saturated carbocycles. The smallest absolute Gasteiger partial charge is 0.338 e. The fourth-order valence-electron chi connectivity index (χ4n) is 1.55. The van der Waals surface area contributed by atoms with Crippen LogP contribution in [0.3, 0.4) is 0 Å². The summed E-state index contributed by atoms with van der Waals surface area (Å²) in [6, 6.07) is 7.06. The van der Waals surface area contributed by atoms with Crippen molar-refractivity contribution in [3.05, 3.63) is 29.8 Å². The second-order valence-corrected chi connectivity index (χ2v) is 4.61. The Hall–Kier alpha value is -0.960. The van der Waals surface area contributed by atoms with Crippen LogP contribution in [0.5, 0.6) is 0 Å². The van der Waals surface area contributed by atoms with Crippen molar-refractivity contribution >= 4 is 18.6 Å². The van der Waals surface area contributed by atoms with Crippen LogP contribution in [0.1, 0.15) is 49.4 Å². The number of ether oxygens (including phenoxy) is 1. The van der Waals surface area contributed by atoms with E-state index in [4.69, 9.17) is 4.74 Å². The fourth-order valence-corrected chi connectivity index (χ4v) is 1.70. The zero-order chi connectivity index (χ0) is 12.5. The highest BCUT2D eigenvalue weighted by Crippen LogP contribution is 2.09. The predicted octanol–water partition coefficient (Wildman–Crippen LogP) is 4.10. The molecule has 0 unspecified atom stereocenters. The quantitative estimate of drug-likeness (QED) is 0.449. The Morgan fingerprint density at radius 1 is 1.12 bits per heavy atom. The molecule has 0 radical (unpaired) electrons. The Morgan fingerprint density at radius 2 is 1.76 bits per heavy atom. The van der Waals surface area contributed by atoms with Gasteiger partial charge in [-0.05, 0) is 30.7 Å². The topological polar surface area (TPSA) is 26.3 Å². The standard InChI is InChI=1S/C14H20O2S/c1-2-3-4-5-6-11-16-14(15)12-7-9-13(17)10-8-12/h7-10,17H,2-6,11H2,1H3. The molecular weight excluding hydrogens is 232 g/mol. The molecule has 0 saturated heterocycles. The molecule has 1 aromatic rings. The second-order valence-electron chi connectivity index (χ2n) is 4.10. The molecule has 0 aliphatic heterocycles. The largest absolute Gasteiger partial charge is 0.462 e. The van der Waals surface area contributed by atoms with Crippen molar-refractivity contribution in [1.82, 2.24) is 0 Å². The van der Waals surface area contributed by atoms with Crippen molar-refractivity contribution in [2.24, 2.45) is 0 Å². The summed E-state index contributed by atoms with van der Waals surface area (Å²) in [5, 5.41) is 0. The third kappa shape index (κ3) is 5.78. The van der Waals surface area contributed by atoms with E-state index in [9.17, 15) is 4.79 Å². The highest BCUT2D eigenvalue weighted by molar-refractivity contribution is 7.80. The minimum atomic E-state index is -0.242. The molecular formula is C14H20O2S. The van der Waals surface area contributed by atoms with Crippen molar-refractivity contribution in [1.29, 1.82) is 0 Å². The first-order valence-corrected chi connectivity index (χ1v) is 6.65. The van der Waals surface area contributed by atoms with Gasteiger partial charge in [-0.25, -0.2) is 4.79 Å². The Morgan fingerprint density at radius 3 is 2.41 bits per heavy atom. The molecule has 0 aliphatic carbocycles. The molecule has 0 bridgehead atoms. The number of rotatable bonds is 7. The third-order valence-electron chi connectivity index (χ3n) is 2.58.